The Balaban J connectivity index is 3.10. The van der Waals surface area contributed by atoms with Crippen molar-refractivity contribution in [3.8, 4) is 0 Å². The van der Waals surface area contributed by atoms with Gasteiger partial charge in [-0.1, -0.05) is 27.5 Å². The third-order valence-corrected chi connectivity index (χ3v) is 3.31. The van der Waals surface area contributed by atoms with E-state index in [0.717, 1.165) is 4.47 Å². The minimum atomic E-state index is -0.0208. The van der Waals surface area contributed by atoms with E-state index in [1.807, 2.05) is 38.7 Å². The van der Waals surface area contributed by atoms with Crippen molar-refractivity contribution in [2.75, 3.05) is 0 Å². The Labute approximate surface area is 116 Å². The van der Waals surface area contributed by atoms with Crippen molar-refractivity contribution >= 4 is 33.4 Å². The highest BCUT2D eigenvalue weighted by Gasteiger charge is 2.23. The summed E-state index contributed by atoms with van der Waals surface area (Å²) in [5.41, 5.74) is 0.553. The SMILES string of the molecule is CC(C)N(C(=O)c1ccc(Br)cc1Cl)C(C)C. The standard InChI is InChI=1S/C13H17BrClNO/c1-8(2)16(9(3)4)13(17)11-6-5-10(14)7-12(11)15/h5-9H,1-4H3. The van der Waals surface area contributed by atoms with Crippen LogP contribution in [0, 0.1) is 0 Å². The third-order valence-electron chi connectivity index (χ3n) is 2.51. The Morgan fingerprint density at radius 1 is 1.24 bits per heavy atom. The molecule has 4 heteroatoms. The van der Waals surface area contributed by atoms with Crippen molar-refractivity contribution in [3.63, 3.8) is 0 Å². The quantitative estimate of drug-likeness (QED) is 0.811. The van der Waals surface area contributed by atoms with E-state index < -0.39 is 0 Å². The maximum atomic E-state index is 12.4. The summed E-state index contributed by atoms with van der Waals surface area (Å²) < 4.78 is 0.875. The molecule has 0 aromatic heterocycles. The van der Waals surface area contributed by atoms with Gasteiger partial charge in [-0.2, -0.15) is 0 Å². The summed E-state index contributed by atoms with van der Waals surface area (Å²) >= 11 is 9.43. The Morgan fingerprint density at radius 2 is 1.76 bits per heavy atom. The van der Waals surface area contributed by atoms with Gasteiger partial charge in [0.25, 0.3) is 5.91 Å². The molecule has 0 spiro atoms. The molecule has 0 heterocycles. The van der Waals surface area contributed by atoms with E-state index in [-0.39, 0.29) is 18.0 Å². The van der Waals surface area contributed by atoms with E-state index in [2.05, 4.69) is 15.9 Å². The van der Waals surface area contributed by atoms with Crippen LogP contribution in [0.4, 0.5) is 0 Å². The molecule has 0 N–H and O–H groups in total. The lowest BCUT2D eigenvalue weighted by molar-refractivity contribution is 0.0644. The second-order valence-corrected chi connectivity index (χ2v) is 5.85. The highest BCUT2D eigenvalue weighted by molar-refractivity contribution is 9.10. The second-order valence-electron chi connectivity index (χ2n) is 4.52. The van der Waals surface area contributed by atoms with Crippen LogP contribution in [-0.2, 0) is 0 Å². The largest absolute Gasteiger partial charge is 0.334 e. The lowest BCUT2D eigenvalue weighted by atomic mass is 10.1. The smallest absolute Gasteiger partial charge is 0.255 e. The molecule has 0 saturated heterocycles. The average molecular weight is 319 g/mol. The van der Waals surface area contributed by atoms with Gasteiger partial charge in [0.15, 0.2) is 0 Å². The molecular weight excluding hydrogens is 302 g/mol. The lowest BCUT2D eigenvalue weighted by Crippen LogP contribution is -2.42. The molecule has 0 bridgehead atoms. The first-order chi connectivity index (χ1) is 7.84. The van der Waals surface area contributed by atoms with Crippen LogP contribution in [0.25, 0.3) is 0 Å². The van der Waals surface area contributed by atoms with E-state index in [9.17, 15) is 4.79 Å². The van der Waals surface area contributed by atoms with Crippen LogP contribution in [0.1, 0.15) is 38.1 Å². The second kappa shape index (κ2) is 5.87. The molecule has 0 atom stereocenters. The molecule has 1 aromatic rings. The van der Waals surface area contributed by atoms with Crippen molar-refractivity contribution in [1.29, 1.82) is 0 Å². The van der Waals surface area contributed by atoms with Crippen LogP contribution >= 0.6 is 27.5 Å². The van der Waals surface area contributed by atoms with E-state index >= 15 is 0 Å². The van der Waals surface area contributed by atoms with Crippen LogP contribution < -0.4 is 0 Å². The summed E-state index contributed by atoms with van der Waals surface area (Å²) in [4.78, 5) is 14.2. The van der Waals surface area contributed by atoms with Crippen molar-refractivity contribution in [2.24, 2.45) is 0 Å². The molecule has 0 radical (unpaired) electrons. The van der Waals surface area contributed by atoms with Gasteiger partial charge in [-0.3, -0.25) is 4.79 Å². The van der Waals surface area contributed by atoms with Gasteiger partial charge in [0.2, 0.25) is 0 Å². The molecule has 1 amide bonds. The first-order valence-electron chi connectivity index (χ1n) is 5.62. The van der Waals surface area contributed by atoms with Crippen molar-refractivity contribution in [1.82, 2.24) is 4.90 Å². The maximum absolute atomic E-state index is 12.4. The fourth-order valence-electron chi connectivity index (χ4n) is 1.87. The number of carbonyl (C=O) groups is 1. The molecule has 0 aliphatic heterocycles. The van der Waals surface area contributed by atoms with Gasteiger partial charge in [-0.15, -0.1) is 0 Å². The zero-order chi connectivity index (χ0) is 13.2. The monoisotopic (exact) mass is 317 g/mol. The number of hydrogen-bond acceptors (Lipinski definition) is 1. The van der Waals surface area contributed by atoms with Crippen LogP contribution in [0.15, 0.2) is 22.7 Å². The summed E-state index contributed by atoms with van der Waals surface area (Å²) in [5, 5.41) is 0.482. The fraction of sp³-hybridized carbons (Fsp3) is 0.462. The third kappa shape index (κ3) is 3.46. The zero-order valence-electron chi connectivity index (χ0n) is 10.5. The molecule has 0 fully saturated rings. The number of hydrogen-bond donors (Lipinski definition) is 0. The molecular formula is C13H17BrClNO. The normalized spacial score (nSPS) is 11.1. The number of benzene rings is 1. The molecule has 0 unspecified atom stereocenters. The molecule has 1 rings (SSSR count). The van der Waals surface area contributed by atoms with Gasteiger partial charge in [-0.05, 0) is 45.9 Å². The van der Waals surface area contributed by atoms with Gasteiger partial charge >= 0.3 is 0 Å². The lowest BCUT2D eigenvalue weighted by Gasteiger charge is -2.31. The Hall–Kier alpha value is -0.540. The van der Waals surface area contributed by atoms with Crippen LogP contribution in [-0.4, -0.2) is 22.9 Å². The first kappa shape index (κ1) is 14.5. The molecule has 0 aliphatic carbocycles. The predicted molar refractivity (Wildman–Crippen MR) is 75.6 cm³/mol. The van der Waals surface area contributed by atoms with Gasteiger partial charge in [-0.25, -0.2) is 0 Å². The van der Waals surface area contributed by atoms with E-state index in [1.54, 1.807) is 12.1 Å². The molecule has 0 aliphatic rings. The van der Waals surface area contributed by atoms with E-state index in [4.69, 9.17) is 11.6 Å². The summed E-state index contributed by atoms with van der Waals surface area (Å²) in [6, 6.07) is 5.64. The van der Waals surface area contributed by atoms with Crippen molar-refractivity contribution in [3.05, 3.63) is 33.3 Å². The minimum absolute atomic E-state index is 0.0208. The fourth-order valence-corrected chi connectivity index (χ4v) is 2.62. The van der Waals surface area contributed by atoms with Gasteiger partial charge in [0.1, 0.15) is 0 Å². The highest BCUT2D eigenvalue weighted by atomic mass is 79.9. The van der Waals surface area contributed by atoms with Crippen molar-refractivity contribution < 1.29 is 4.79 Å². The summed E-state index contributed by atoms with van der Waals surface area (Å²) in [5.74, 6) is -0.0208. The van der Waals surface area contributed by atoms with Crippen molar-refractivity contribution in [2.45, 2.75) is 39.8 Å². The Bertz CT molecular complexity index is 410. The van der Waals surface area contributed by atoms with Gasteiger partial charge in [0, 0.05) is 16.6 Å². The summed E-state index contributed by atoms with van der Waals surface area (Å²) in [6.07, 6.45) is 0. The Kier molecular flexibility index (Phi) is 5.02. The molecule has 17 heavy (non-hydrogen) atoms. The van der Waals surface area contributed by atoms with Crippen LogP contribution in [0.3, 0.4) is 0 Å². The van der Waals surface area contributed by atoms with E-state index in [1.165, 1.54) is 0 Å². The number of rotatable bonds is 3. The zero-order valence-corrected chi connectivity index (χ0v) is 12.8. The summed E-state index contributed by atoms with van der Waals surface area (Å²) in [7, 11) is 0. The number of halogens is 2. The summed E-state index contributed by atoms with van der Waals surface area (Å²) in [6.45, 7) is 8.02. The average Bonchev–Trinajstić information content (AvgIpc) is 2.15. The predicted octanol–water partition coefficient (Wildman–Crippen LogP) is 4.36. The number of nitrogens with zero attached hydrogens (tertiary/aromatic N) is 1. The number of carbonyl (C=O) groups excluding carboxylic acids is 1. The first-order valence-corrected chi connectivity index (χ1v) is 6.79. The molecule has 1 aromatic carbocycles. The van der Waals surface area contributed by atoms with E-state index in [0.29, 0.717) is 10.6 Å². The molecule has 2 nitrogen and oxygen atoms in total. The molecule has 0 saturated carbocycles. The topological polar surface area (TPSA) is 20.3 Å². The maximum Gasteiger partial charge on any atom is 0.255 e. The van der Waals surface area contributed by atoms with Crippen LogP contribution in [0.2, 0.25) is 5.02 Å². The van der Waals surface area contributed by atoms with Gasteiger partial charge in [0.05, 0.1) is 10.6 Å². The number of amides is 1. The highest BCUT2D eigenvalue weighted by Crippen LogP contribution is 2.24. The molecule has 94 valence electrons. The van der Waals surface area contributed by atoms with Gasteiger partial charge < -0.3 is 4.90 Å². The minimum Gasteiger partial charge on any atom is -0.334 e. The van der Waals surface area contributed by atoms with Crippen LogP contribution in [0.5, 0.6) is 0 Å². The Morgan fingerprint density at radius 3 is 2.18 bits per heavy atom.